The number of anilines is 2. The first-order valence-corrected chi connectivity index (χ1v) is 6.08. The average molecular weight is 263 g/mol. The zero-order chi connectivity index (χ0) is 13.0. The fourth-order valence-corrected chi connectivity index (χ4v) is 1.86. The third-order valence-electron chi connectivity index (χ3n) is 2.67. The Morgan fingerprint density at radius 1 is 1.22 bits per heavy atom. The fourth-order valence-electron chi connectivity index (χ4n) is 1.67. The van der Waals surface area contributed by atoms with Crippen LogP contribution >= 0.6 is 11.6 Å². The Bertz CT molecular complexity index is 495. The number of nitrogen functional groups attached to an aromatic ring is 1. The Labute approximate surface area is 111 Å². The van der Waals surface area contributed by atoms with Crippen molar-refractivity contribution in [3.63, 3.8) is 0 Å². The highest BCUT2D eigenvalue weighted by atomic mass is 35.5. The van der Waals surface area contributed by atoms with Gasteiger partial charge in [0, 0.05) is 19.7 Å². The predicted octanol–water partition coefficient (Wildman–Crippen LogP) is 2.39. The van der Waals surface area contributed by atoms with Gasteiger partial charge < -0.3 is 10.6 Å². The van der Waals surface area contributed by atoms with Crippen LogP contribution in [0.4, 0.5) is 11.8 Å². The summed E-state index contributed by atoms with van der Waals surface area (Å²) < 4.78 is 0. The zero-order valence-electron chi connectivity index (χ0n) is 10.2. The largest absolute Gasteiger partial charge is 0.368 e. The monoisotopic (exact) mass is 262 g/mol. The van der Waals surface area contributed by atoms with Gasteiger partial charge in [0.05, 0.1) is 0 Å². The zero-order valence-corrected chi connectivity index (χ0v) is 10.9. The standard InChI is InChI=1S/C13H15ClN4/c1-18(8-7-10-5-3-2-4-6-10)12-9-11(14)16-13(15)17-12/h2-6,9H,7-8H2,1H3,(H2,15,16,17). The van der Waals surface area contributed by atoms with E-state index in [-0.39, 0.29) is 5.95 Å². The lowest BCUT2D eigenvalue weighted by Gasteiger charge is -2.18. The SMILES string of the molecule is CN(CCc1ccccc1)c1cc(Cl)nc(N)n1. The van der Waals surface area contributed by atoms with Crippen molar-refractivity contribution in [3.05, 3.63) is 47.1 Å². The molecule has 0 unspecified atom stereocenters. The molecule has 0 aliphatic heterocycles. The minimum absolute atomic E-state index is 0.198. The van der Waals surface area contributed by atoms with Crippen molar-refractivity contribution in [3.8, 4) is 0 Å². The van der Waals surface area contributed by atoms with Crippen LogP contribution in [0.1, 0.15) is 5.56 Å². The minimum atomic E-state index is 0.198. The van der Waals surface area contributed by atoms with Crippen molar-refractivity contribution in [2.75, 3.05) is 24.2 Å². The van der Waals surface area contributed by atoms with Crippen LogP contribution in [0.25, 0.3) is 0 Å². The molecule has 0 saturated carbocycles. The number of hydrogen-bond acceptors (Lipinski definition) is 4. The van der Waals surface area contributed by atoms with Crippen LogP contribution in [0, 0.1) is 0 Å². The molecule has 0 atom stereocenters. The maximum absolute atomic E-state index is 5.85. The van der Waals surface area contributed by atoms with Crippen LogP contribution in [0.3, 0.4) is 0 Å². The van der Waals surface area contributed by atoms with E-state index >= 15 is 0 Å². The number of hydrogen-bond donors (Lipinski definition) is 1. The Morgan fingerprint density at radius 3 is 2.61 bits per heavy atom. The van der Waals surface area contributed by atoms with Gasteiger partial charge >= 0.3 is 0 Å². The molecular formula is C13H15ClN4. The van der Waals surface area contributed by atoms with Gasteiger partial charge in [-0.2, -0.15) is 4.98 Å². The van der Waals surface area contributed by atoms with Gasteiger partial charge in [0.25, 0.3) is 0 Å². The summed E-state index contributed by atoms with van der Waals surface area (Å²) in [6.45, 7) is 0.844. The first-order valence-electron chi connectivity index (χ1n) is 5.70. The highest BCUT2D eigenvalue weighted by Gasteiger charge is 2.06. The molecule has 0 amide bonds. The van der Waals surface area contributed by atoms with E-state index in [0.29, 0.717) is 5.15 Å². The molecule has 2 aromatic rings. The van der Waals surface area contributed by atoms with Gasteiger partial charge in [-0.3, -0.25) is 0 Å². The molecule has 0 radical (unpaired) electrons. The van der Waals surface area contributed by atoms with Crippen molar-refractivity contribution in [1.82, 2.24) is 9.97 Å². The number of aromatic nitrogens is 2. The maximum Gasteiger partial charge on any atom is 0.223 e. The number of nitrogens with zero attached hydrogens (tertiary/aromatic N) is 3. The molecule has 1 aromatic heterocycles. The van der Waals surface area contributed by atoms with Crippen molar-refractivity contribution in [2.24, 2.45) is 0 Å². The first kappa shape index (κ1) is 12.6. The van der Waals surface area contributed by atoms with Crippen molar-refractivity contribution < 1.29 is 0 Å². The predicted molar refractivity (Wildman–Crippen MR) is 74.9 cm³/mol. The molecule has 1 heterocycles. The Balaban J connectivity index is 2.01. The third kappa shape index (κ3) is 3.34. The molecule has 94 valence electrons. The Hall–Kier alpha value is -1.81. The summed E-state index contributed by atoms with van der Waals surface area (Å²) >= 11 is 5.85. The summed E-state index contributed by atoms with van der Waals surface area (Å²) in [5.74, 6) is 0.937. The topological polar surface area (TPSA) is 55.0 Å². The van der Waals surface area contributed by atoms with Gasteiger partial charge in [0.2, 0.25) is 5.95 Å². The van der Waals surface area contributed by atoms with Crippen molar-refractivity contribution >= 4 is 23.4 Å². The lowest BCUT2D eigenvalue weighted by Crippen LogP contribution is -2.22. The van der Waals surface area contributed by atoms with Crippen LogP contribution in [-0.2, 0) is 6.42 Å². The van der Waals surface area contributed by atoms with E-state index in [9.17, 15) is 0 Å². The molecule has 0 spiro atoms. The fraction of sp³-hybridized carbons (Fsp3) is 0.231. The Kier molecular flexibility index (Phi) is 3.99. The average Bonchev–Trinajstić information content (AvgIpc) is 2.36. The quantitative estimate of drug-likeness (QED) is 0.860. The van der Waals surface area contributed by atoms with Crippen LogP contribution in [0.15, 0.2) is 36.4 Å². The smallest absolute Gasteiger partial charge is 0.223 e. The summed E-state index contributed by atoms with van der Waals surface area (Å²) in [7, 11) is 1.96. The summed E-state index contributed by atoms with van der Waals surface area (Å²) in [4.78, 5) is 10.0. The summed E-state index contributed by atoms with van der Waals surface area (Å²) in [5.41, 5.74) is 6.86. The summed E-state index contributed by atoms with van der Waals surface area (Å²) in [6, 6.07) is 12.0. The molecule has 0 saturated heterocycles. The normalized spacial score (nSPS) is 10.3. The van der Waals surface area contributed by atoms with Gasteiger partial charge in [-0.25, -0.2) is 4.98 Å². The number of benzene rings is 1. The molecule has 0 bridgehead atoms. The molecule has 4 nitrogen and oxygen atoms in total. The van der Waals surface area contributed by atoms with E-state index < -0.39 is 0 Å². The molecule has 2 N–H and O–H groups in total. The lowest BCUT2D eigenvalue weighted by atomic mass is 10.1. The van der Waals surface area contributed by atoms with Gasteiger partial charge in [-0.15, -0.1) is 0 Å². The third-order valence-corrected chi connectivity index (χ3v) is 2.86. The van der Waals surface area contributed by atoms with Gasteiger partial charge in [-0.05, 0) is 12.0 Å². The summed E-state index contributed by atoms with van der Waals surface area (Å²) in [5, 5.41) is 0.365. The van der Waals surface area contributed by atoms with E-state index in [4.69, 9.17) is 17.3 Å². The highest BCUT2D eigenvalue weighted by molar-refractivity contribution is 6.29. The number of likely N-dealkylation sites (N-methyl/N-ethyl adjacent to an activating group) is 1. The number of halogens is 1. The lowest BCUT2D eigenvalue weighted by molar-refractivity contribution is 0.857. The van der Waals surface area contributed by atoms with Crippen LogP contribution in [-0.4, -0.2) is 23.6 Å². The second-order valence-electron chi connectivity index (χ2n) is 4.06. The second kappa shape index (κ2) is 5.69. The van der Waals surface area contributed by atoms with Crippen molar-refractivity contribution in [1.29, 1.82) is 0 Å². The van der Waals surface area contributed by atoms with E-state index in [2.05, 4.69) is 22.1 Å². The first-order chi connectivity index (χ1) is 8.65. The second-order valence-corrected chi connectivity index (χ2v) is 4.45. The minimum Gasteiger partial charge on any atom is -0.368 e. The van der Waals surface area contributed by atoms with Crippen LogP contribution in [0.5, 0.6) is 0 Å². The van der Waals surface area contributed by atoms with E-state index in [1.165, 1.54) is 5.56 Å². The molecule has 5 heteroatoms. The van der Waals surface area contributed by atoms with E-state index in [1.807, 2.05) is 30.1 Å². The number of nitrogens with two attached hydrogens (primary N) is 1. The number of rotatable bonds is 4. The summed E-state index contributed by atoms with van der Waals surface area (Å²) in [6.07, 6.45) is 0.943. The molecular weight excluding hydrogens is 248 g/mol. The molecule has 2 rings (SSSR count). The van der Waals surface area contributed by atoms with E-state index in [0.717, 1.165) is 18.8 Å². The maximum atomic E-state index is 5.85. The van der Waals surface area contributed by atoms with Gasteiger partial charge in [0.1, 0.15) is 11.0 Å². The van der Waals surface area contributed by atoms with Gasteiger partial charge in [-0.1, -0.05) is 41.9 Å². The van der Waals surface area contributed by atoms with Crippen molar-refractivity contribution in [2.45, 2.75) is 6.42 Å². The van der Waals surface area contributed by atoms with Crippen LogP contribution < -0.4 is 10.6 Å². The van der Waals surface area contributed by atoms with E-state index in [1.54, 1.807) is 6.07 Å². The molecule has 0 aliphatic rings. The Morgan fingerprint density at radius 2 is 1.94 bits per heavy atom. The molecule has 1 aromatic carbocycles. The molecule has 18 heavy (non-hydrogen) atoms. The van der Waals surface area contributed by atoms with Crippen LogP contribution in [0.2, 0.25) is 5.15 Å². The molecule has 0 aliphatic carbocycles. The van der Waals surface area contributed by atoms with Gasteiger partial charge in [0.15, 0.2) is 0 Å². The molecule has 0 fully saturated rings. The highest BCUT2D eigenvalue weighted by Crippen LogP contribution is 2.16.